The van der Waals surface area contributed by atoms with Crippen LogP contribution in [0.4, 0.5) is 0 Å². The second-order valence-corrected chi connectivity index (χ2v) is 3.96. The van der Waals surface area contributed by atoms with Crippen LogP contribution in [0.3, 0.4) is 0 Å². The van der Waals surface area contributed by atoms with E-state index in [1.54, 1.807) is 24.3 Å². The zero-order chi connectivity index (χ0) is 15.9. The lowest BCUT2D eigenvalue weighted by molar-refractivity contribution is -0.220. The van der Waals surface area contributed by atoms with Gasteiger partial charge in [-0.2, -0.15) is 9.78 Å². The van der Waals surface area contributed by atoms with Crippen LogP contribution in [0.25, 0.3) is 0 Å². The van der Waals surface area contributed by atoms with Gasteiger partial charge in [0, 0.05) is 6.07 Å². The number of aliphatic hydroxyl groups excluding tert-OH is 2. The van der Waals surface area contributed by atoms with E-state index in [2.05, 4.69) is 0 Å². The van der Waals surface area contributed by atoms with E-state index in [9.17, 15) is 0 Å². The molecule has 126 valence electrons. The highest BCUT2D eigenvalue weighted by Crippen LogP contribution is 2.19. The molecule has 8 nitrogen and oxygen atoms in total. The Labute approximate surface area is 128 Å². The largest absolute Gasteiger partial charge is 0.394 e. The summed E-state index contributed by atoms with van der Waals surface area (Å²) >= 11 is 0. The fourth-order valence-corrected chi connectivity index (χ4v) is 1.32. The van der Waals surface area contributed by atoms with Gasteiger partial charge in [-0.1, -0.05) is 6.07 Å². The molecule has 0 aliphatic heterocycles. The van der Waals surface area contributed by atoms with E-state index in [1.165, 1.54) is 0 Å². The smallest absolute Gasteiger partial charge is 0.169 e. The summed E-state index contributed by atoms with van der Waals surface area (Å²) in [6.45, 7) is 1.63. The zero-order valence-electron chi connectivity index (χ0n) is 12.3. The summed E-state index contributed by atoms with van der Waals surface area (Å²) < 4.78 is 10.0. The highest BCUT2D eigenvalue weighted by atomic mass is 17.2. The topological polar surface area (TPSA) is 95.8 Å². The van der Waals surface area contributed by atoms with E-state index in [4.69, 9.17) is 39.2 Å². The molecule has 0 atom stereocenters. The number of rotatable bonds is 14. The lowest BCUT2D eigenvalue weighted by Gasteiger charge is -2.08. The third kappa shape index (κ3) is 9.50. The quantitative estimate of drug-likeness (QED) is 0.288. The predicted octanol–water partition coefficient (Wildman–Crippen LogP) is 0.325. The van der Waals surface area contributed by atoms with Crippen molar-refractivity contribution in [2.45, 2.75) is 0 Å². The van der Waals surface area contributed by atoms with Gasteiger partial charge in [-0.25, -0.2) is 0 Å². The maximum absolute atomic E-state index is 8.52. The minimum absolute atomic E-state index is 0.0225. The molecule has 0 unspecified atom stereocenters. The number of hydrogen-bond donors (Lipinski definition) is 2. The Morgan fingerprint density at radius 2 is 1.18 bits per heavy atom. The van der Waals surface area contributed by atoms with Gasteiger partial charge < -0.3 is 29.5 Å². The average molecular weight is 318 g/mol. The van der Waals surface area contributed by atoms with Crippen molar-refractivity contribution in [2.75, 3.05) is 52.9 Å². The van der Waals surface area contributed by atoms with Crippen molar-refractivity contribution < 1.29 is 39.2 Å². The molecule has 22 heavy (non-hydrogen) atoms. The van der Waals surface area contributed by atoms with Crippen LogP contribution in [0.5, 0.6) is 11.5 Å². The van der Waals surface area contributed by atoms with Crippen molar-refractivity contribution in [3.63, 3.8) is 0 Å². The molecular formula is C14H22O8. The summed E-state index contributed by atoms with van der Waals surface area (Å²) in [5, 5.41) is 17.0. The molecule has 8 heteroatoms. The molecular weight excluding hydrogens is 296 g/mol. The minimum Gasteiger partial charge on any atom is -0.394 e. The highest BCUT2D eigenvalue weighted by molar-refractivity contribution is 5.32. The Balaban J connectivity index is 2.13. The summed E-state index contributed by atoms with van der Waals surface area (Å²) in [4.78, 5) is 20.0. The van der Waals surface area contributed by atoms with Crippen molar-refractivity contribution >= 4 is 0 Å². The molecule has 0 spiro atoms. The molecule has 0 aromatic heterocycles. The third-order valence-corrected chi connectivity index (χ3v) is 2.21. The van der Waals surface area contributed by atoms with Crippen molar-refractivity contribution in [2.24, 2.45) is 0 Å². The van der Waals surface area contributed by atoms with Crippen molar-refractivity contribution in [1.29, 1.82) is 0 Å². The minimum atomic E-state index is -0.0225. The maximum Gasteiger partial charge on any atom is 0.169 e. The molecule has 0 bridgehead atoms. The van der Waals surface area contributed by atoms with E-state index in [-0.39, 0.29) is 39.6 Å². The average Bonchev–Trinajstić information content (AvgIpc) is 2.54. The Bertz CT molecular complexity index is 342. The first-order valence-electron chi connectivity index (χ1n) is 6.93. The molecule has 0 radical (unpaired) electrons. The second kappa shape index (κ2) is 13.3. The number of aliphatic hydroxyl groups is 2. The summed E-state index contributed by atoms with van der Waals surface area (Å²) in [6, 6.07) is 6.72. The fourth-order valence-electron chi connectivity index (χ4n) is 1.32. The molecule has 0 fully saturated rings. The third-order valence-electron chi connectivity index (χ3n) is 2.21. The van der Waals surface area contributed by atoms with Crippen LogP contribution in [0.2, 0.25) is 0 Å². The van der Waals surface area contributed by atoms with E-state index in [0.717, 1.165) is 0 Å². The van der Waals surface area contributed by atoms with Crippen LogP contribution in [0, 0.1) is 0 Å². The normalized spacial score (nSPS) is 10.6. The van der Waals surface area contributed by atoms with Crippen LogP contribution >= 0.6 is 0 Å². The first-order chi connectivity index (χ1) is 10.9. The van der Waals surface area contributed by atoms with Crippen molar-refractivity contribution in [3.05, 3.63) is 24.3 Å². The fraction of sp³-hybridized carbons (Fsp3) is 0.571. The molecule has 1 rings (SSSR count). The molecule has 0 aliphatic carbocycles. The van der Waals surface area contributed by atoms with Crippen LogP contribution in [-0.4, -0.2) is 63.1 Å². The SMILES string of the molecule is OCCOCCOOc1cccc(OOCCOCCO)c1. The second-order valence-electron chi connectivity index (χ2n) is 3.96. The lowest BCUT2D eigenvalue weighted by atomic mass is 10.3. The lowest BCUT2D eigenvalue weighted by Crippen LogP contribution is -2.09. The van der Waals surface area contributed by atoms with E-state index in [1.807, 2.05) is 0 Å². The highest BCUT2D eigenvalue weighted by Gasteiger charge is 2.00. The number of benzene rings is 1. The predicted molar refractivity (Wildman–Crippen MR) is 75.4 cm³/mol. The molecule has 0 amide bonds. The van der Waals surface area contributed by atoms with Gasteiger partial charge in [0.05, 0.1) is 39.6 Å². The van der Waals surface area contributed by atoms with Gasteiger partial charge in [0.25, 0.3) is 0 Å². The Morgan fingerprint density at radius 1 is 0.682 bits per heavy atom. The molecule has 0 saturated carbocycles. The van der Waals surface area contributed by atoms with Crippen LogP contribution in [0.1, 0.15) is 0 Å². The maximum atomic E-state index is 8.52. The molecule has 0 heterocycles. The summed E-state index contributed by atoms with van der Waals surface area (Å²) in [5.74, 6) is 0.916. The van der Waals surface area contributed by atoms with Crippen molar-refractivity contribution in [3.8, 4) is 11.5 Å². The Morgan fingerprint density at radius 3 is 1.64 bits per heavy atom. The van der Waals surface area contributed by atoms with Crippen LogP contribution in [-0.2, 0) is 19.2 Å². The Hall–Kier alpha value is -1.42. The molecule has 0 aliphatic rings. The molecule has 0 saturated heterocycles. The summed E-state index contributed by atoms with van der Waals surface area (Å²) in [7, 11) is 0. The van der Waals surface area contributed by atoms with E-state index < -0.39 is 0 Å². The van der Waals surface area contributed by atoms with Gasteiger partial charge in [0.15, 0.2) is 11.5 Å². The van der Waals surface area contributed by atoms with Crippen molar-refractivity contribution in [1.82, 2.24) is 0 Å². The summed E-state index contributed by atoms with van der Waals surface area (Å²) in [5.41, 5.74) is 0. The van der Waals surface area contributed by atoms with Crippen LogP contribution < -0.4 is 9.78 Å². The van der Waals surface area contributed by atoms with E-state index in [0.29, 0.717) is 24.7 Å². The van der Waals surface area contributed by atoms with Gasteiger partial charge in [0.1, 0.15) is 13.2 Å². The molecule has 1 aromatic carbocycles. The van der Waals surface area contributed by atoms with E-state index >= 15 is 0 Å². The zero-order valence-corrected chi connectivity index (χ0v) is 12.3. The first kappa shape index (κ1) is 18.6. The number of ether oxygens (including phenoxy) is 2. The van der Waals surface area contributed by atoms with Crippen LogP contribution in [0.15, 0.2) is 24.3 Å². The molecule has 2 N–H and O–H groups in total. The van der Waals surface area contributed by atoms with Gasteiger partial charge in [-0.15, -0.1) is 0 Å². The number of hydrogen-bond acceptors (Lipinski definition) is 8. The monoisotopic (exact) mass is 318 g/mol. The first-order valence-corrected chi connectivity index (χ1v) is 6.93. The van der Waals surface area contributed by atoms with Gasteiger partial charge in [-0.3, -0.25) is 0 Å². The standard InChI is InChI=1S/C14H22O8/c15-4-6-17-8-10-19-21-13-2-1-3-14(12-13)22-20-11-9-18-7-5-16/h1-3,12,15-16H,4-11H2. The Kier molecular flexibility index (Phi) is 11.2. The van der Waals surface area contributed by atoms with Gasteiger partial charge >= 0.3 is 0 Å². The molecule has 1 aromatic rings. The summed E-state index contributed by atoms with van der Waals surface area (Å²) in [6.07, 6.45) is 0. The van der Waals surface area contributed by atoms with Gasteiger partial charge in [-0.05, 0) is 12.1 Å². The van der Waals surface area contributed by atoms with Gasteiger partial charge in [0.2, 0.25) is 0 Å².